The zero-order valence-corrected chi connectivity index (χ0v) is 31.4. The number of hydrogen-bond acceptors (Lipinski definition) is 2. The first-order valence-electron chi connectivity index (χ1n) is 20.2. The topological polar surface area (TPSA) is 34.6 Å². The van der Waals surface area contributed by atoms with Gasteiger partial charge < -0.3 is 0 Å². The number of benzene rings is 9. The van der Waals surface area contributed by atoms with Gasteiger partial charge in [0, 0.05) is 37.7 Å². The molecule has 13 aromatic rings. The highest BCUT2D eigenvalue weighted by Crippen LogP contribution is 2.43. The Morgan fingerprint density at radius 1 is 0.379 bits per heavy atom. The lowest BCUT2D eigenvalue weighted by Gasteiger charge is -2.18. The van der Waals surface area contributed by atoms with Crippen molar-refractivity contribution in [2.45, 2.75) is 12.8 Å². The first-order valence-corrected chi connectivity index (χ1v) is 20.2. The van der Waals surface area contributed by atoms with E-state index in [9.17, 15) is 0 Å². The molecule has 58 heavy (non-hydrogen) atoms. The Hall–Kier alpha value is -7.56. The first-order chi connectivity index (χ1) is 28.8. The molecular formula is C54H32N4. The van der Waals surface area contributed by atoms with Gasteiger partial charge in [0.15, 0.2) is 0 Å². The van der Waals surface area contributed by atoms with Crippen molar-refractivity contribution >= 4 is 115 Å². The van der Waals surface area contributed by atoms with Gasteiger partial charge in [-0.2, -0.15) is 0 Å². The van der Waals surface area contributed by atoms with E-state index in [1.54, 1.807) is 0 Å². The highest BCUT2D eigenvalue weighted by Gasteiger charge is 2.23. The van der Waals surface area contributed by atoms with Gasteiger partial charge in [0.25, 0.3) is 0 Å². The molecule has 4 aromatic heterocycles. The summed E-state index contributed by atoms with van der Waals surface area (Å²) in [6.45, 7) is 0. The molecule has 1 aliphatic rings. The minimum atomic E-state index is 0.990. The van der Waals surface area contributed by atoms with Crippen LogP contribution in [-0.2, 0) is 6.42 Å². The van der Waals surface area contributed by atoms with Gasteiger partial charge in [-0.25, -0.2) is 9.97 Å². The van der Waals surface area contributed by atoms with Gasteiger partial charge in [-0.3, -0.25) is 8.80 Å². The van der Waals surface area contributed by atoms with Gasteiger partial charge in [-0.1, -0.05) is 140 Å². The van der Waals surface area contributed by atoms with Gasteiger partial charge >= 0.3 is 0 Å². The summed E-state index contributed by atoms with van der Waals surface area (Å²) in [6, 6.07) is 57.9. The van der Waals surface area contributed by atoms with E-state index >= 15 is 0 Å². The van der Waals surface area contributed by atoms with E-state index in [1.807, 2.05) is 0 Å². The molecule has 4 heteroatoms. The van der Waals surface area contributed by atoms with Crippen molar-refractivity contribution in [3.63, 3.8) is 0 Å². The number of aromatic nitrogens is 4. The Labute approximate surface area is 331 Å². The average Bonchev–Trinajstić information content (AvgIpc) is 3.91. The molecule has 4 heterocycles. The Bertz CT molecular complexity index is 4030. The molecule has 9 aromatic carbocycles. The normalized spacial score (nSPS) is 13.3. The summed E-state index contributed by atoms with van der Waals surface area (Å²) >= 11 is 0. The fourth-order valence-corrected chi connectivity index (χ4v) is 10.6. The molecule has 0 unspecified atom stereocenters. The van der Waals surface area contributed by atoms with Crippen molar-refractivity contribution < 1.29 is 0 Å². The number of nitrogens with zero attached hydrogens (tertiary/aromatic N) is 4. The van der Waals surface area contributed by atoms with Crippen LogP contribution in [0.2, 0.25) is 0 Å². The third-order valence-corrected chi connectivity index (χ3v) is 13.1. The summed E-state index contributed by atoms with van der Waals surface area (Å²) in [5.41, 5.74) is 12.7. The van der Waals surface area contributed by atoms with E-state index in [4.69, 9.17) is 9.97 Å². The molecule has 14 rings (SSSR count). The minimum Gasteiger partial charge on any atom is -0.291 e. The van der Waals surface area contributed by atoms with Crippen molar-refractivity contribution in [2.24, 2.45) is 0 Å². The molecule has 0 atom stereocenters. The second kappa shape index (κ2) is 11.1. The summed E-state index contributed by atoms with van der Waals surface area (Å²) in [6.07, 6.45) is 6.67. The highest BCUT2D eigenvalue weighted by atomic mass is 15.0. The van der Waals surface area contributed by atoms with Crippen molar-refractivity contribution in [3.05, 3.63) is 175 Å². The molecular weight excluding hydrogens is 705 g/mol. The van der Waals surface area contributed by atoms with Gasteiger partial charge in [0.2, 0.25) is 0 Å². The van der Waals surface area contributed by atoms with E-state index in [0.29, 0.717) is 0 Å². The molecule has 0 N–H and O–H groups in total. The van der Waals surface area contributed by atoms with Crippen molar-refractivity contribution in [2.75, 3.05) is 0 Å². The van der Waals surface area contributed by atoms with Crippen molar-refractivity contribution in [1.82, 2.24) is 18.8 Å². The first kappa shape index (κ1) is 30.6. The molecule has 0 fully saturated rings. The standard InChI is InChI=1S/C54H32N4/c1-5-19-39-33(13-1)35-15-3-7-21-41(35)51-49(39)55-53-43-27-25-31(29-45(43)37-17-9-11-23-47(37)57(51)53)32-26-28-44-46(30-32)38-18-10-12-24-48(38)58-52-42-22-8-4-16-36(42)34-14-2-6-20-40(34)50(52)56-54(44)58/h1-9,11-17,19-30H,10,18H2. The SMILES string of the molecule is C1=Cc2c(c3cc(-c4ccc5c(c4)c4ccccc4n4c5nc5c6ccccc6c6ccccc6c54)ccc3c3nc4c5ccccc5c5ccccc5c4n23)CC1. The predicted molar refractivity (Wildman–Crippen MR) is 244 cm³/mol. The molecule has 268 valence electrons. The fourth-order valence-electron chi connectivity index (χ4n) is 10.6. The third-order valence-electron chi connectivity index (χ3n) is 13.1. The monoisotopic (exact) mass is 736 g/mol. The second-order valence-electron chi connectivity index (χ2n) is 16.0. The van der Waals surface area contributed by atoms with E-state index in [-0.39, 0.29) is 0 Å². The molecule has 4 nitrogen and oxygen atoms in total. The number of rotatable bonds is 1. The fraction of sp³-hybridized carbons (Fsp3) is 0.0370. The number of fused-ring (bicyclic) bond motifs is 26. The van der Waals surface area contributed by atoms with Gasteiger partial charge in [0.05, 0.1) is 33.3 Å². The largest absolute Gasteiger partial charge is 0.291 e. The number of para-hydroxylation sites is 1. The molecule has 0 saturated carbocycles. The average molecular weight is 737 g/mol. The van der Waals surface area contributed by atoms with Crippen LogP contribution in [0.1, 0.15) is 17.7 Å². The Balaban J connectivity index is 1.05. The summed E-state index contributed by atoms with van der Waals surface area (Å²) in [4.78, 5) is 11.0. The highest BCUT2D eigenvalue weighted by molar-refractivity contribution is 6.27. The van der Waals surface area contributed by atoms with E-state index in [0.717, 1.165) is 40.6 Å². The zero-order chi connectivity index (χ0) is 37.6. The molecule has 0 saturated heterocycles. The maximum absolute atomic E-state index is 5.51. The molecule has 1 aliphatic carbocycles. The number of aryl methyl sites for hydroxylation is 1. The van der Waals surface area contributed by atoms with E-state index in [1.165, 1.54) is 104 Å². The van der Waals surface area contributed by atoms with Crippen LogP contribution in [-0.4, -0.2) is 18.8 Å². The zero-order valence-electron chi connectivity index (χ0n) is 31.4. The number of hydrogen-bond donors (Lipinski definition) is 0. The number of allylic oxidation sites excluding steroid dienone is 1. The Morgan fingerprint density at radius 2 is 0.845 bits per heavy atom. The van der Waals surface area contributed by atoms with E-state index in [2.05, 4.69) is 179 Å². The smallest absolute Gasteiger partial charge is 0.146 e. The lowest BCUT2D eigenvalue weighted by atomic mass is 9.92. The van der Waals surface area contributed by atoms with Crippen LogP contribution in [0.5, 0.6) is 0 Å². The van der Waals surface area contributed by atoms with Crippen LogP contribution in [0.25, 0.3) is 126 Å². The van der Waals surface area contributed by atoms with Crippen LogP contribution in [0.3, 0.4) is 0 Å². The predicted octanol–water partition coefficient (Wildman–Crippen LogP) is 14.0. The maximum atomic E-state index is 5.51. The summed E-state index contributed by atoms with van der Waals surface area (Å²) < 4.78 is 4.86. The van der Waals surface area contributed by atoms with Crippen LogP contribution in [0, 0.1) is 0 Å². The lowest BCUT2D eigenvalue weighted by molar-refractivity contribution is 0.970. The van der Waals surface area contributed by atoms with Gasteiger partial charge in [-0.15, -0.1) is 0 Å². The quantitative estimate of drug-likeness (QED) is 0.157. The maximum Gasteiger partial charge on any atom is 0.146 e. The molecule has 0 amide bonds. The van der Waals surface area contributed by atoms with Crippen LogP contribution >= 0.6 is 0 Å². The van der Waals surface area contributed by atoms with Gasteiger partial charge in [0.1, 0.15) is 11.3 Å². The molecule has 0 radical (unpaired) electrons. The minimum absolute atomic E-state index is 0.990. The Kier molecular flexibility index (Phi) is 5.84. The number of pyridine rings is 2. The van der Waals surface area contributed by atoms with Gasteiger partial charge in [-0.05, 0) is 92.2 Å². The number of imidazole rings is 2. The summed E-state index contributed by atoms with van der Waals surface area (Å²) in [5, 5.41) is 15.9. The molecule has 0 spiro atoms. The van der Waals surface area contributed by atoms with E-state index < -0.39 is 0 Å². The Morgan fingerprint density at radius 3 is 1.47 bits per heavy atom. The lowest BCUT2D eigenvalue weighted by Crippen LogP contribution is -2.04. The van der Waals surface area contributed by atoms with Crippen LogP contribution in [0.4, 0.5) is 0 Å². The molecule has 0 bridgehead atoms. The molecule has 0 aliphatic heterocycles. The van der Waals surface area contributed by atoms with Crippen LogP contribution in [0.15, 0.2) is 164 Å². The summed E-state index contributed by atoms with van der Waals surface area (Å²) in [7, 11) is 0. The van der Waals surface area contributed by atoms with Crippen molar-refractivity contribution in [3.8, 4) is 11.1 Å². The second-order valence-corrected chi connectivity index (χ2v) is 16.0. The van der Waals surface area contributed by atoms with Crippen LogP contribution < -0.4 is 0 Å². The third kappa shape index (κ3) is 3.84. The summed E-state index contributed by atoms with van der Waals surface area (Å²) in [5.74, 6) is 0. The van der Waals surface area contributed by atoms with Crippen molar-refractivity contribution in [1.29, 1.82) is 0 Å².